The molecule has 2 aromatic rings. The lowest BCUT2D eigenvalue weighted by Gasteiger charge is -2.14. The molecule has 4 N–H and O–H groups in total. The Morgan fingerprint density at radius 2 is 1.88 bits per heavy atom. The van der Waals surface area contributed by atoms with Gasteiger partial charge in [-0.1, -0.05) is 37.3 Å². The van der Waals surface area contributed by atoms with Crippen LogP contribution in [0.15, 0.2) is 42.6 Å². The van der Waals surface area contributed by atoms with Gasteiger partial charge in [0.05, 0.1) is 6.04 Å². The first-order valence-corrected chi connectivity index (χ1v) is 5.77. The predicted molar refractivity (Wildman–Crippen MR) is 70.5 cm³/mol. The van der Waals surface area contributed by atoms with Gasteiger partial charge in [-0.2, -0.15) is 0 Å². The van der Waals surface area contributed by atoms with Crippen LogP contribution in [0.5, 0.6) is 0 Å². The van der Waals surface area contributed by atoms with Crippen LogP contribution in [0.2, 0.25) is 0 Å². The fourth-order valence-corrected chi connectivity index (χ4v) is 1.83. The number of nitrogens with zero attached hydrogens (tertiary/aromatic N) is 1. The third-order valence-corrected chi connectivity index (χ3v) is 2.95. The van der Waals surface area contributed by atoms with Crippen LogP contribution in [0.1, 0.15) is 29.7 Å². The Labute approximate surface area is 101 Å². The molecule has 1 unspecified atom stereocenters. The van der Waals surface area contributed by atoms with Crippen molar-refractivity contribution in [3.05, 3.63) is 59.3 Å². The number of hydrogen-bond acceptors (Lipinski definition) is 3. The maximum absolute atomic E-state index is 6.19. The summed E-state index contributed by atoms with van der Waals surface area (Å²) >= 11 is 0. The molecule has 0 bridgehead atoms. The number of nitrogen functional groups attached to an aromatic ring is 1. The number of rotatable bonds is 3. The summed E-state index contributed by atoms with van der Waals surface area (Å²) in [6.07, 6.45) is 2.70. The van der Waals surface area contributed by atoms with E-state index in [-0.39, 0.29) is 6.04 Å². The SMILES string of the molecule is CCc1ccc(C(N)c2cccnc2N)cc1. The molecule has 0 amide bonds. The van der Waals surface area contributed by atoms with E-state index in [0.29, 0.717) is 5.82 Å². The van der Waals surface area contributed by atoms with Crippen molar-refractivity contribution in [3.8, 4) is 0 Å². The van der Waals surface area contributed by atoms with E-state index < -0.39 is 0 Å². The van der Waals surface area contributed by atoms with Crippen molar-refractivity contribution < 1.29 is 0 Å². The van der Waals surface area contributed by atoms with Crippen LogP contribution in [0, 0.1) is 0 Å². The van der Waals surface area contributed by atoms with Gasteiger partial charge in [-0.25, -0.2) is 4.98 Å². The van der Waals surface area contributed by atoms with Gasteiger partial charge in [0, 0.05) is 11.8 Å². The Bertz CT molecular complexity index is 491. The van der Waals surface area contributed by atoms with Crippen molar-refractivity contribution in [1.29, 1.82) is 0 Å². The first-order chi connectivity index (χ1) is 8.22. The summed E-state index contributed by atoms with van der Waals surface area (Å²) in [5.41, 5.74) is 15.2. The first kappa shape index (κ1) is 11.6. The van der Waals surface area contributed by atoms with E-state index in [4.69, 9.17) is 11.5 Å². The smallest absolute Gasteiger partial charge is 0.128 e. The molecular formula is C14H17N3. The zero-order valence-electron chi connectivity index (χ0n) is 9.93. The number of anilines is 1. The van der Waals surface area contributed by atoms with E-state index in [1.165, 1.54) is 5.56 Å². The molecule has 2 rings (SSSR count). The summed E-state index contributed by atoms with van der Waals surface area (Å²) < 4.78 is 0. The summed E-state index contributed by atoms with van der Waals surface area (Å²) in [6.45, 7) is 2.13. The summed E-state index contributed by atoms with van der Waals surface area (Å²) in [4.78, 5) is 4.06. The molecule has 1 atom stereocenters. The average Bonchev–Trinajstić information content (AvgIpc) is 2.39. The van der Waals surface area contributed by atoms with E-state index in [1.807, 2.05) is 12.1 Å². The zero-order chi connectivity index (χ0) is 12.3. The van der Waals surface area contributed by atoms with Crippen molar-refractivity contribution in [2.75, 3.05) is 5.73 Å². The van der Waals surface area contributed by atoms with Crippen molar-refractivity contribution in [2.24, 2.45) is 5.73 Å². The maximum atomic E-state index is 6.19. The van der Waals surface area contributed by atoms with E-state index in [0.717, 1.165) is 17.5 Å². The highest BCUT2D eigenvalue weighted by Crippen LogP contribution is 2.23. The molecule has 88 valence electrons. The Balaban J connectivity index is 2.30. The molecule has 3 heteroatoms. The van der Waals surface area contributed by atoms with E-state index in [1.54, 1.807) is 6.20 Å². The van der Waals surface area contributed by atoms with Gasteiger partial charge in [0.15, 0.2) is 0 Å². The minimum atomic E-state index is -0.213. The number of aryl methyl sites for hydroxylation is 1. The molecule has 0 saturated heterocycles. The van der Waals surface area contributed by atoms with Crippen molar-refractivity contribution in [2.45, 2.75) is 19.4 Å². The Morgan fingerprint density at radius 3 is 2.47 bits per heavy atom. The van der Waals surface area contributed by atoms with E-state index in [2.05, 4.69) is 36.2 Å². The molecule has 1 aromatic carbocycles. The predicted octanol–water partition coefficient (Wildman–Crippen LogP) is 2.27. The zero-order valence-corrected chi connectivity index (χ0v) is 9.93. The lowest BCUT2D eigenvalue weighted by atomic mass is 9.99. The largest absolute Gasteiger partial charge is 0.383 e. The fourth-order valence-electron chi connectivity index (χ4n) is 1.83. The molecule has 3 nitrogen and oxygen atoms in total. The topological polar surface area (TPSA) is 64.9 Å². The average molecular weight is 227 g/mol. The van der Waals surface area contributed by atoms with Crippen molar-refractivity contribution in [3.63, 3.8) is 0 Å². The fraction of sp³-hybridized carbons (Fsp3) is 0.214. The second-order valence-corrected chi connectivity index (χ2v) is 4.05. The Morgan fingerprint density at radius 1 is 1.18 bits per heavy atom. The summed E-state index contributed by atoms with van der Waals surface area (Å²) in [5.74, 6) is 0.500. The molecule has 0 fully saturated rings. The van der Waals surface area contributed by atoms with Gasteiger partial charge in [0.1, 0.15) is 5.82 Å². The summed E-state index contributed by atoms with van der Waals surface area (Å²) in [5, 5.41) is 0. The molecule has 0 aliphatic rings. The Kier molecular flexibility index (Phi) is 3.40. The van der Waals surface area contributed by atoms with Gasteiger partial charge in [0.2, 0.25) is 0 Å². The maximum Gasteiger partial charge on any atom is 0.128 e. The standard InChI is InChI=1S/C14H17N3/c1-2-10-5-7-11(8-6-10)13(15)12-4-3-9-17-14(12)16/h3-9,13H,2,15H2,1H3,(H2,16,17). The Hall–Kier alpha value is -1.87. The number of hydrogen-bond donors (Lipinski definition) is 2. The van der Waals surface area contributed by atoms with Gasteiger partial charge in [0.25, 0.3) is 0 Å². The summed E-state index contributed by atoms with van der Waals surface area (Å²) in [7, 11) is 0. The van der Waals surface area contributed by atoms with Gasteiger partial charge in [-0.3, -0.25) is 0 Å². The molecule has 17 heavy (non-hydrogen) atoms. The summed E-state index contributed by atoms with van der Waals surface area (Å²) in [6, 6.07) is 11.9. The van der Waals surface area contributed by atoms with E-state index in [9.17, 15) is 0 Å². The van der Waals surface area contributed by atoms with Crippen LogP contribution in [0.4, 0.5) is 5.82 Å². The second-order valence-electron chi connectivity index (χ2n) is 4.05. The van der Waals surface area contributed by atoms with E-state index >= 15 is 0 Å². The second kappa shape index (κ2) is 4.97. The molecule has 1 heterocycles. The number of nitrogens with two attached hydrogens (primary N) is 2. The van der Waals surface area contributed by atoms with Crippen molar-refractivity contribution >= 4 is 5.82 Å². The highest BCUT2D eigenvalue weighted by Gasteiger charge is 2.11. The molecule has 0 aliphatic heterocycles. The van der Waals surface area contributed by atoms with Crippen LogP contribution < -0.4 is 11.5 Å². The highest BCUT2D eigenvalue weighted by atomic mass is 14.8. The van der Waals surface area contributed by atoms with Gasteiger partial charge >= 0.3 is 0 Å². The molecule has 0 spiro atoms. The van der Waals surface area contributed by atoms with Crippen LogP contribution in [0.3, 0.4) is 0 Å². The minimum Gasteiger partial charge on any atom is -0.383 e. The minimum absolute atomic E-state index is 0.213. The van der Waals surface area contributed by atoms with Gasteiger partial charge < -0.3 is 11.5 Å². The lowest BCUT2D eigenvalue weighted by molar-refractivity contribution is 0.866. The van der Waals surface area contributed by atoms with Crippen LogP contribution in [-0.2, 0) is 6.42 Å². The number of aromatic nitrogens is 1. The monoisotopic (exact) mass is 227 g/mol. The molecule has 0 radical (unpaired) electrons. The van der Waals surface area contributed by atoms with Crippen LogP contribution >= 0.6 is 0 Å². The highest BCUT2D eigenvalue weighted by molar-refractivity contribution is 5.45. The lowest BCUT2D eigenvalue weighted by Crippen LogP contribution is -2.14. The van der Waals surface area contributed by atoms with Gasteiger partial charge in [-0.15, -0.1) is 0 Å². The first-order valence-electron chi connectivity index (χ1n) is 5.77. The molecule has 1 aromatic heterocycles. The normalized spacial score (nSPS) is 12.4. The quantitative estimate of drug-likeness (QED) is 0.845. The molecule has 0 saturated carbocycles. The van der Waals surface area contributed by atoms with Gasteiger partial charge in [-0.05, 0) is 23.6 Å². The van der Waals surface area contributed by atoms with Crippen LogP contribution in [0.25, 0.3) is 0 Å². The third-order valence-electron chi connectivity index (χ3n) is 2.95. The number of pyridine rings is 1. The molecule has 0 aliphatic carbocycles. The van der Waals surface area contributed by atoms with Crippen molar-refractivity contribution in [1.82, 2.24) is 4.98 Å². The third kappa shape index (κ3) is 2.45. The number of benzene rings is 1. The molecular weight excluding hydrogens is 210 g/mol. The van der Waals surface area contributed by atoms with Crippen LogP contribution in [-0.4, -0.2) is 4.98 Å².